The number of nitrogens with one attached hydrogen (secondary N) is 1. The highest BCUT2D eigenvalue weighted by atomic mass is 16.5. The zero-order valence-electron chi connectivity index (χ0n) is 15.5. The van der Waals surface area contributed by atoms with Crippen LogP contribution >= 0.6 is 0 Å². The van der Waals surface area contributed by atoms with E-state index in [1.807, 2.05) is 26.0 Å². The average molecular weight is 343 g/mol. The Kier molecular flexibility index (Phi) is 4.60. The predicted octanol–water partition coefficient (Wildman–Crippen LogP) is 2.33. The maximum Gasteiger partial charge on any atom is 0.274 e. The van der Waals surface area contributed by atoms with E-state index in [1.165, 1.54) is 0 Å². The zero-order chi connectivity index (χ0) is 18.2. The largest absolute Gasteiger partial charge is 0.368 e. The van der Waals surface area contributed by atoms with Gasteiger partial charge in [-0.15, -0.1) is 0 Å². The standard InChI is InChI=1S/C18H25N5O2/c1-11-8-13(20-12(2)19-11)15-10-23(6-7-25-15)17(24)14-9-16(22-21-14)18(3,4)5/h8-9,15H,6-7,10H2,1-5H3,(H,21,22)/t15-/m1/s1. The Morgan fingerprint density at radius 1 is 1.28 bits per heavy atom. The van der Waals surface area contributed by atoms with Crippen molar-refractivity contribution in [3.8, 4) is 0 Å². The van der Waals surface area contributed by atoms with E-state index in [1.54, 1.807) is 4.90 Å². The summed E-state index contributed by atoms with van der Waals surface area (Å²) in [6.45, 7) is 11.5. The number of carbonyl (C=O) groups is 1. The predicted molar refractivity (Wildman–Crippen MR) is 93.4 cm³/mol. The Hall–Kier alpha value is -2.28. The van der Waals surface area contributed by atoms with E-state index in [9.17, 15) is 4.79 Å². The molecule has 0 radical (unpaired) electrons. The second-order valence-corrected chi connectivity index (χ2v) is 7.51. The summed E-state index contributed by atoms with van der Waals surface area (Å²) < 4.78 is 5.84. The number of H-pyrrole nitrogens is 1. The average Bonchev–Trinajstić information content (AvgIpc) is 3.03. The van der Waals surface area contributed by atoms with Crippen molar-refractivity contribution in [2.75, 3.05) is 19.7 Å². The third kappa shape index (κ3) is 3.87. The molecule has 7 nitrogen and oxygen atoms in total. The molecule has 0 aliphatic carbocycles. The summed E-state index contributed by atoms with van der Waals surface area (Å²) in [7, 11) is 0. The second kappa shape index (κ2) is 6.55. The smallest absolute Gasteiger partial charge is 0.274 e. The summed E-state index contributed by atoms with van der Waals surface area (Å²) in [5.41, 5.74) is 3.04. The van der Waals surface area contributed by atoms with E-state index >= 15 is 0 Å². The van der Waals surface area contributed by atoms with Crippen LogP contribution < -0.4 is 0 Å². The molecule has 2 aromatic heterocycles. The highest BCUT2D eigenvalue weighted by Gasteiger charge is 2.29. The quantitative estimate of drug-likeness (QED) is 0.905. The van der Waals surface area contributed by atoms with E-state index in [0.717, 1.165) is 17.1 Å². The van der Waals surface area contributed by atoms with Gasteiger partial charge in [-0.1, -0.05) is 20.8 Å². The first-order valence-electron chi connectivity index (χ1n) is 8.53. The lowest BCUT2D eigenvalue weighted by Crippen LogP contribution is -2.42. The Bertz CT molecular complexity index is 758. The van der Waals surface area contributed by atoms with Gasteiger partial charge in [0.05, 0.1) is 18.8 Å². The number of morpholine rings is 1. The lowest BCUT2D eigenvalue weighted by Gasteiger charge is -2.32. The molecule has 0 aromatic carbocycles. The van der Waals surface area contributed by atoms with Crippen LogP contribution in [0, 0.1) is 13.8 Å². The maximum atomic E-state index is 12.8. The first kappa shape index (κ1) is 17.5. The van der Waals surface area contributed by atoms with Crippen molar-refractivity contribution >= 4 is 5.91 Å². The van der Waals surface area contributed by atoms with E-state index in [-0.39, 0.29) is 17.4 Å². The molecule has 3 heterocycles. The number of aryl methyl sites for hydroxylation is 2. The molecule has 1 aliphatic rings. The number of hydrogen-bond acceptors (Lipinski definition) is 5. The molecule has 1 N–H and O–H groups in total. The number of nitrogens with zero attached hydrogens (tertiary/aromatic N) is 4. The number of amides is 1. The van der Waals surface area contributed by atoms with E-state index in [4.69, 9.17) is 4.74 Å². The van der Waals surface area contributed by atoms with Crippen LogP contribution in [0.3, 0.4) is 0 Å². The molecule has 0 bridgehead atoms. The molecule has 1 amide bonds. The molecule has 3 rings (SSSR count). The van der Waals surface area contributed by atoms with Crippen molar-refractivity contribution in [1.82, 2.24) is 25.1 Å². The highest BCUT2D eigenvalue weighted by Crippen LogP contribution is 2.24. The molecule has 134 valence electrons. The van der Waals surface area contributed by atoms with Crippen LogP contribution in [0.5, 0.6) is 0 Å². The van der Waals surface area contributed by atoms with Gasteiger partial charge in [-0.25, -0.2) is 9.97 Å². The summed E-state index contributed by atoms with van der Waals surface area (Å²) in [4.78, 5) is 23.3. The fraction of sp³-hybridized carbons (Fsp3) is 0.556. The topological polar surface area (TPSA) is 84.0 Å². The molecule has 1 saturated heterocycles. The lowest BCUT2D eigenvalue weighted by atomic mass is 9.92. The molecule has 2 aromatic rings. The molecule has 0 unspecified atom stereocenters. The minimum Gasteiger partial charge on any atom is -0.368 e. The minimum absolute atomic E-state index is 0.0743. The number of rotatable bonds is 2. The molecule has 1 atom stereocenters. The van der Waals surface area contributed by atoms with Crippen LogP contribution in [0.15, 0.2) is 12.1 Å². The van der Waals surface area contributed by atoms with Gasteiger partial charge in [-0.2, -0.15) is 5.10 Å². The SMILES string of the molecule is Cc1cc([C@H]2CN(C(=O)c3cc(C(C)(C)C)[nH]n3)CCO2)nc(C)n1. The van der Waals surface area contributed by atoms with Gasteiger partial charge in [-0.05, 0) is 26.0 Å². The van der Waals surface area contributed by atoms with Gasteiger partial charge in [0.25, 0.3) is 5.91 Å². The summed E-state index contributed by atoms with van der Waals surface area (Å²) in [5, 5.41) is 7.18. The van der Waals surface area contributed by atoms with Crippen LogP contribution in [0.2, 0.25) is 0 Å². The summed E-state index contributed by atoms with van der Waals surface area (Å²) in [6, 6.07) is 3.75. The fourth-order valence-corrected chi connectivity index (χ4v) is 2.90. The third-order valence-corrected chi connectivity index (χ3v) is 4.27. The molecular weight excluding hydrogens is 318 g/mol. The normalized spacial score (nSPS) is 18.4. The van der Waals surface area contributed by atoms with Gasteiger partial charge in [0.2, 0.25) is 0 Å². The molecule has 1 aliphatic heterocycles. The van der Waals surface area contributed by atoms with Crippen molar-refractivity contribution in [2.45, 2.75) is 46.1 Å². The minimum atomic E-state index is -0.237. The van der Waals surface area contributed by atoms with Crippen LogP contribution in [-0.2, 0) is 10.2 Å². The maximum absolute atomic E-state index is 12.8. The summed E-state index contributed by atoms with van der Waals surface area (Å²) >= 11 is 0. The number of carbonyl (C=O) groups excluding carboxylic acids is 1. The van der Waals surface area contributed by atoms with E-state index in [2.05, 4.69) is 40.9 Å². The van der Waals surface area contributed by atoms with Crippen molar-refractivity contribution in [1.29, 1.82) is 0 Å². The number of aromatic amines is 1. The Morgan fingerprint density at radius 3 is 2.68 bits per heavy atom. The molecule has 1 fully saturated rings. The molecule has 7 heteroatoms. The van der Waals surface area contributed by atoms with E-state index < -0.39 is 0 Å². The Balaban J connectivity index is 1.76. The highest BCUT2D eigenvalue weighted by molar-refractivity contribution is 5.92. The first-order chi connectivity index (χ1) is 11.7. The second-order valence-electron chi connectivity index (χ2n) is 7.51. The number of hydrogen-bond donors (Lipinski definition) is 1. The van der Waals surface area contributed by atoms with Crippen LogP contribution in [0.25, 0.3) is 0 Å². The van der Waals surface area contributed by atoms with Crippen molar-refractivity contribution in [3.63, 3.8) is 0 Å². The number of aromatic nitrogens is 4. The van der Waals surface area contributed by atoms with E-state index in [0.29, 0.717) is 31.2 Å². The van der Waals surface area contributed by atoms with Gasteiger partial charge in [0.1, 0.15) is 17.6 Å². The van der Waals surface area contributed by atoms with Crippen molar-refractivity contribution in [2.24, 2.45) is 0 Å². The van der Waals surface area contributed by atoms with Crippen LogP contribution in [0.4, 0.5) is 0 Å². The molecule has 25 heavy (non-hydrogen) atoms. The van der Waals surface area contributed by atoms with Gasteiger partial charge in [0.15, 0.2) is 0 Å². The lowest BCUT2D eigenvalue weighted by molar-refractivity contribution is -0.0250. The molecule has 0 spiro atoms. The first-order valence-corrected chi connectivity index (χ1v) is 8.53. The van der Waals surface area contributed by atoms with Gasteiger partial charge < -0.3 is 9.64 Å². The fourth-order valence-electron chi connectivity index (χ4n) is 2.90. The van der Waals surface area contributed by atoms with Crippen molar-refractivity contribution in [3.05, 3.63) is 40.7 Å². The third-order valence-electron chi connectivity index (χ3n) is 4.27. The van der Waals surface area contributed by atoms with Crippen molar-refractivity contribution < 1.29 is 9.53 Å². The van der Waals surface area contributed by atoms with Crippen LogP contribution in [0.1, 0.15) is 60.3 Å². The van der Waals surface area contributed by atoms with Crippen LogP contribution in [-0.4, -0.2) is 50.7 Å². The monoisotopic (exact) mass is 343 g/mol. The summed E-state index contributed by atoms with van der Waals surface area (Å²) in [6.07, 6.45) is -0.237. The molecule has 0 saturated carbocycles. The van der Waals surface area contributed by atoms with Gasteiger partial charge in [0, 0.05) is 23.3 Å². The molecular formula is C18H25N5O2. The Labute approximate surface area is 147 Å². The number of ether oxygens (including phenoxy) is 1. The van der Waals surface area contributed by atoms with Gasteiger partial charge >= 0.3 is 0 Å². The Morgan fingerprint density at radius 2 is 2.04 bits per heavy atom. The summed E-state index contributed by atoms with van der Waals surface area (Å²) in [5.74, 6) is 0.631. The van der Waals surface area contributed by atoms with Gasteiger partial charge in [-0.3, -0.25) is 9.89 Å². The zero-order valence-corrected chi connectivity index (χ0v) is 15.5.